The van der Waals surface area contributed by atoms with Crippen molar-refractivity contribution >= 4 is 19.8 Å². The van der Waals surface area contributed by atoms with Gasteiger partial charge >= 0.3 is 19.8 Å². The predicted molar refractivity (Wildman–Crippen MR) is 217 cm³/mol. The molecule has 9 nitrogen and oxygen atoms in total. The van der Waals surface area contributed by atoms with Crippen molar-refractivity contribution in [3.8, 4) is 0 Å². The van der Waals surface area contributed by atoms with E-state index in [0.29, 0.717) is 25.7 Å². The molecular weight excluding hydrogens is 691 g/mol. The Hall–Kier alpha value is -2.29. The Bertz CT molecular complexity index is 1070. The van der Waals surface area contributed by atoms with E-state index < -0.39 is 32.5 Å². The van der Waals surface area contributed by atoms with Crippen LogP contribution in [-0.4, -0.2) is 52.3 Å². The molecule has 0 rings (SSSR count). The first-order valence-corrected chi connectivity index (χ1v) is 22.1. The maximum Gasteiger partial charge on any atom is 0.469 e. The molecule has 0 aromatic rings. The van der Waals surface area contributed by atoms with Crippen LogP contribution in [0.3, 0.4) is 0 Å². The van der Waals surface area contributed by atoms with Gasteiger partial charge in [-0.2, -0.15) is 0 Å². The number of phosphoric ester groups is 1. The van der Waals surface area contributed by atoms with Gasteiger partial charge in [-0.1, -0.05) is 171 Å². The largest absolute Gasteiger partial charge is 0.469 e. The number of esters is 2. The van der Waals surface area contributed by atoms with E-state index in [1.165, 1.54) is 77.0 Å². The van der Waals surface area contributed by atoms with Crippen LogP contribution in [0.15, 0.2) is 60.8 Å². The zero-order valence-corrected chi connectivity index (χ0v) is 34.3. The van der Waals surface area contributed by atoms with Gasteiger partial charge in [-0.05, 0) is 50.9 Å². The number of allylic oxidation sites excluding steroid dienone is 9. The summed E-state index contributed by atoms with van der Waals surface area (Å²) >= 11 is 0. The summed E-state index contributed by atoms with van der Waals surface area (Å²) in [5.74, 6) is -0.147. The molecule has 0 saturated heterocycles. The molecule has 10 heteroatoms. The first-order chi connectivity index (χ1) is 25.5. The standard InChI is InChI=1S/C43H75O9P/c1-4-40(44)34-30-26-22-18-14-10-6-8-12-16-20-24-28-32-36-43(46)52-41(38-51-53(47,48)49)37-50-42(45)35-31-27-23-19-15-11-7-5-9-13-17-21-25-29-33-39(2)3/h8,10,12,14,20,22,24,26,30,34,39-41,44H,4-7,9,11,13,15-19,21,23,25,27-29,31-33,35-38H2,1-3H3,(H2,47,48,49)/b12-8-,14-10-,24-20-,26-22-,34-30+/t40-,41-/m1/s1. The molecule has 0 radical (unpaired) electrons. The molecule has 306 valence electrons. The maximum absolute atomic E-state index is 12.4. The Morgan fingerprint density at radius 3 is 1.64 bits per heavy atom. The van der Waals surface area contributed by atoms with E-state index in [1.54, 1.807) is 6.08 Å². The Balaban J connectivity index is 4.04. The fraction of sp³-hybridized carbons (Fsp3) is 0.721. The van der Waals surface area contributed by atoms with Crippen LogP contribution in [0.4, 0.5) is 0 Å². The van der Waals surface area contributed by atoms with Crippen molar-refractivity contribution in [3.05, 3.63) is 60.8 Å². The molecule has 0 spiro atoms. The highest BCUT2D eigenvalue weighted by molar-refractivity contribution is 7.46. The molecule has 0 saturated carbocycles. The third-order valence-electron chi connectivity index (χ3n) is 8.64. The highest BCUT2D eigenvalue weighted by Gasteiger charge is 2.22. The van der Waals surface area contributed by atoms with E-state index in [0.717, 1.165) is 38.0 Å². The summed E-state index contributed by atoms with van der Waals surface area (Å²) in [5, 5.41) is 9.45. The van der Waals surface area contributed by atoms with Crippen LogP contribution in [0.25, 0.3) is 0 Å². The van der Waals surface area contributed by atoms with Crippen LogP contribution in [0.2, 0.25) is 0 Å². The molecule has 0 heterocycles. The van der Waals surface area contributed by atoms with Gasteiger partial charge in [0.05, 0.1) is 12.7 Å². The van der Waals surface area contributed by atoms with Gasteiger partial charge in [0, 0.05) is 12.8 Å². The number of phosphoric acid groups is 1. The molecule has 0 aliphatic rings. The topological polar surface area (TPSA) is 140 Å². The number of unbranched alkanes of at least 4 members (excludes halogenated alkanes) is 14. The summed E-state index contributed by atoms with van der Waals surface area (Å²) in [7, 11) is -4.78. The number of carbonyl (C=O) groups is 2. The summed E-state index contributed by atoms with van der Waals surface area (Å²) < 4.78 is 26.3. The van der Waals surface area contributed by atoms with E-state index in [2.05, 4.69) is 42.7 Å². The van der Waals surface area contributed by atoms with Crippen molar-refractivity contribution in [2.45, 2.75) is 181 Å². The van der Waals surface area contributed by atoms with Crippen LogP contribution >= 0.6 is 7.82 Å². The molecular formula is C43H75O9P. The lowest BCUT2D eigenvalue weighted by Crippen LogP contribution is -2.29. The fourth-order valence-electron chi connectivity index (χ4n) is 5.43. The first kappa shape index (κ1) is 50.7. The number of ether oxygens (including phenoxy) is 2. The predicted octanol–water partition coefficient (Wildman–Crippen LogP) is 11.3. The second-order valence-corrected chi connectivity index (χ2v) is 15.5. The van der Waals surface area contributed by atoms with Crippen molar-refractivity contribution in [1.82, 2.24) is 0 Å². The molecule has 3 N–H and O–H groups in total. The summed E-state index contributed by atoms with van der Waals surface area (Å²) in [6.45, 7) is 5.64. The highest BCUT2D eigenvalue weighted by atomic mass is 31.2. The Morgan fingerprint density at radius 2 is 1.11 bits per heavy atom. The van der Waals surface area contributed by atoms with Crippen LogP contribution in [0, 0.1) is 5.92 Å². The molecule has 2 atom stereocenters. The van der Waals surface area contributed by atoms with Gasteiger partial charge in [-0.3, -0.25) is 14.1 Å². The van der Waals surface area contributed by atoms with Gasteiger partial charge in [0.25, 0.3) is 0 Å². The zero-order valence-electron chi connectivity index (χ0n) is 33.4. The molecule has 0 amide bonds. The lowest BCUT2D eigenvalue weighted by atomic mass is 10.0. The average molecular weight is 767 g/mol. The third kappa shape index (κ3) is 40.7. The number of hydrogen-bond acceptors (Lipinski definition) is 7. The summed E-state index contributed by atoms with van der Waals surface area (Å²) in [6, 6.07) is 0. The lowest BCUT2D eigenvalue weighted by Gasteiger charge is -2.18. The van der Waals surface area contributed by atoms with Gasteiger partial charge in [-0.25, -0.2) is 4.57 Å². The number of aliphatic hydroxyl groups excluding tert-OH is 1. The molecule has 0 aromatic carbocycles. The van der Waals surface area contributed by atoms with E-state index >= 15 is 0 Å². The van der Waals surface area contributed by atoms with Gasteiger partial charge in [0.15, 0.2) is 6.10 Å². The van der Waals surface area contributed by atoms with Crippen LogP contribution < -0.4 is 0 Å². The first-order valence-electron chi connectivity index (χ1n) is 20.5. The number of hydrogen-bond donors (Lipinski definition) is 3. The normalized spacial score (nSPS) is 13.8. The van der Waals surface area contributed by atoms with Crippen LogP contribution in [-0.2, 0) is 28.2 Å². The minimum Gasteiger partial charge on any atom is -0.462 e. The van der Waals surface area contributed by atoms with Crippen molar-refractivity contribution in [1.29, 1.82) is 0 Å². The lowest BCUT2D eigenvalue weighted by molar-refractivity contribution is -0.161. The van der Waals surface area contributed by atoms with E-state index in [1.807, 2.05) is 37.3 Å². The van der Waals surface area contributed by atoms with Crippen molar-refractivity contribution in [3.63, 3.8) is 0 Å². The van der Waals surface area contributed by atoms with Gasteiger partial charge < -0.3 is 24.4 Å². The van der Waals surface area contributed by atoms with Crippen molar-refractivity contribution < 1.29 is 43.0 Å². The minimum absolute atomic E-state index is 0.118. The Morgan fingerprint density at radius 1 is 0.623 bits per heavy atom. The second kappa shape index (κ2) is 36.7. The molecule has 53 heavy (non-hydrogen) atoms. The summed E-state index contributed by atoms with van der Waals surface area (Å²) in [5.41, 5.74) is 0. The van der Waals surface area contributed by atoms with E-state index in [-0.39, 0.29) is 25.6 Å². The van der Waals surface area contributed by atoms with Crippen molar-refractivity contribution in [2.75, 3.05) is 13.2 Å². The average Bonchev–Trinajstić information content (AvgIpc) is 3.11. The minimum atomic E-state index is -4.78. The molecule has 0 aliphatic carbocycles. The fourth-order valence-corrected chi connectivity index (χ4v) is 5.79. The Kier molecular flexibility index (Phi) is 35.1. The molecule has 0 aliphatic heterocycles. The third-order valence-corrected chi connectivity index (χ3v) is 9.12. The van der Waals surface area contributed by atoms with Gasteiger partial charge in [-0.15, -0.1) is 0 Å². The molecule has 0 bridgehead atoms. The smallest absolute Gasteiger partial charge is 0.462 e. The van der Waals surface area contributed by atoms with Crippen molar-refractivity contribution in [2.24, 2.45) is 5.92 Å². The van der Waals surface area contributed by atoms with Crippen LogP contribution in [0.5, 0.6) is 0 Å². The zero-order chi connectivity index (χ0) is 39.3. The van der Waals surface area contributed by atoms with Crippen LogP contribution in [0.1, 0.15) is 168 Å². The quantitative estimate of drug-likeness (QED) is 0.0187. The SMILES string of the molecule is CC[C@@H](O)/C=C/C=C\C/C=C\C/C=C\C/C=C\CCCC(=O)O[C@H](COC(=O)CCCCCCCCCCCCCCCCC(C)C)COP(=O)(O)O. The highest BCUT2D eigenvalue weighted by Crippen LogP contribution is 2.36. The van der Waals surface area contributed by atoms with Gasteiger partial charge in [0.2, 0.25) is 0 Å². The number of rotatable bonds is 36. The molecule has 0 fully saturated rings. The van der Waals surface area contributed by atoms with E-state index in [4.69, 9.17) is 19.3 Å². The molecule has 0 aromatic heterocycles. The summed E-state index contributed by atoms with van der Waals surface area (Å²) in [4.78, 5) is 42.8. The van der Waals surface area contributed by atoms with Gasteiger partial charge in [0.1, 0.15) is 6.61 Å². The second-order valence-electron chi connectivity index (χ2n) is 14.3. The molecule has 0 unspecified atom stereocenters. The number of aliphatic hydroxyl groups is 1. The maximum atomic E-state index is 12.4. The summed E-state index contributed by atoms with van der Waals surface area (Å²) in [6.07, 6.45) is 41.9. The van der Waals surface area contributed by atoms with E-state index in [9.17, 15) is 19.3 Å². The number of carbonyl (C=O) groups excluding carboxylic acids is 2. The Labute approximate surface area is 322 Å². The monoisotopic (exact) mass is 767 g/mol.